The molecule has 1 rings (SSSR count). The largest absolute Gasteiger partial charge is 0.387 e. The fourth-order valence-corrected chi connectivity index (χ4v) is 1.73. The molecule has 0 saturated carbocycles. The second kappa shape index (κ2) is 3.88. The second-order valence-corrected chi connectivity index (χ2v) is 3.93. The molecule has 4 heteroatoms. The van der Waals surface area contributed by atoms with Gasteiger partial charge in [0.2, 0.25) is 0 Å². The molecule has 1 aliphatic rings. The zero-order valence-corrected chi connectivity index (χ0v) is 8.13. The second-order valence-electron chi connectivity index (χ2n) is 3.93. The summed E-state index contributed by atoms with van der Waals surface area (Å²) in [4.78, 5) is 2.04. The van der Waals surface area contributed by atoms with E-state index >= 15 is 0 Å². The van der Waals surface area contributed by atoms with E-state index in [9.17, 15) is 8.78 Å². The van der Waals surface area contributed by atoms with Crippen molar-refractivity contribution in [3.63, 3.8) is 0 Å². The molecule has 13 heavy (non-hydrogen) atoms. The molecule has 1 unspecified atom stereocenters. The third kappa shape index (κ3) is 2.38. The molecule has 2 nitrogen and oxygen atoms in total. The first-order valence-electron chi connectivity index (χ1n) is 4.69. The Kier molecular flexibility index (Phi) is 3.24. The van der Waals surface area contributed by atoms with Crippen LogP contribution in [-0.2, 0) is 0 Å². The Morgan fingerprint density at radius 1 is 1.38 bits per heavy atom. The third-order valence-electron chi connectivity index (χ3n) is 2.82. The summed E-state index contributed by atoms with van der Waals surface area (Å²) in [5.41, 5.74) is 0. The van der Waals surface area contributed by atoms with Crippen LogP contribution in [0, 0.1) is 5.92 Å². The predicted octanol–water partition coefficient (Wildman–Crippen LogP) is 1.34. The molecule has 0 aromatic rings. The van der Waals surface area contributed by atoms with Crippen molar-refractivity contribution in [2.24, 2.45) is 5.92 Å². The van der Waals surface area contributed by atoms with E-state index in [1.54, 1.807) is 0 Å². The van der Waals surface area contributed by atoms with Gasteiger partial charge in [-0.1, -0.05) is 0 Å². The fraction of sp³-hybridized carbons (Fsp3) is 1.00. The maximum atomic E-state index is 13.3. The lowest BCUT2D eigenvalue weighted by molar-refractivity contribution is -0.150. The highest BCUT2D eigenvalue weighted by Crippen LogP contribution is 2.35. The molecule has 0 aromatic heterocycles. The number of aliphatic hydroxyl groups excluding tert-OH is 1. The molecular formula is C9H17F2NO. The summed E-state index contributed by atoms with van der Waals surface area (Å²) in [6.07, 6.45) is -0.566. The Morgan fingerprint density at radius 3 is 2.23 bits per heavy atom. The first-order chi connectivity index (χ1) is 5.94. The van der Waals surface area contributed by atoms with Crippen LogP contribution in [0.1, 0.15) is 19.8 Å². The van der Waals surface area contributed by atoms with Crippen molar-refractivity contribution in [2.45, 2.75) is 31.8 Å². The van der Waals surface area contributed by atoms with E-state index in [-0.39, 0.29) is 0 Å². The number of nitrogens with zero attached hydrogens (tertiary/aromatic N) is 1. The molecule has 1 saturated heterocycles. The van der Waals surface area contributed by atoms with Crippen LogP contribution < -0.4 is 0 Å². The molecule has 0 bridgehead atoms. The van der Waals surface area contributed by atoms with E-state index in [1.165, 1.54) is 6.92 Å². The number of alkyl halides is 2. The average Bonchev–Trinajstić information content (AvgIpc) is 2.04. The summed E-state index contributed by atoms with van der Waals surface area (Å²) in [6, 6.07) is 0. The average molecular weight is 193 g/mol. The van der Waals surface area contributed by atoms with Crippen molar-refractivity contribution in [3.8, 4) is 0 Å². The SMILES string of the molecule is CC(O)C(F)(F)C1CCN(C)CC1. The molecule has 78 valence electrons. The van der Waals surface area contributed by atoms with Gasteiger partial charge in [0.1, 0.15) is 6.10 Å². The van der Waals surface area contributed by atoms with Crippen LogP contribution >= 0.6 is 0 Å². The van der Waals surface area contributed by atoms with Crippen LogP contribution in [-0.4, -0.2) is 42.2 Å². The van der Waals surface area contributed by atoms with Crippen LogP contribution in [0.25, 0.3) is 0 Å². The van der Waals surface area contributed by atoms with Crippen molar-refractivity contribution >= 4 is 0 Å². The van der Waals surface area contributed by atoms with Crippen molar-refractivity contribution in [1.29, 1.82) is 0 Å². The third-order valence-corrected chi connectivity index (χ3v) is 2.82. The maximum absolute atomic E-state index is 13.3. The highest BCUT2D eigenvalue weighted by molar-refractivity contribution is 4.85. The number of hydrogen-bond acceptors (Lipinski definition) is 2. The molecule has 0 aromatic carbocycles. The summed E-state index contributed by atoms with van der Waals surface area (Å²) in [6.45, 7) is 2.57. The van der Waals surface area contributed by atoms with E-state index in [0.717, 1.165) is 0 Å². The Hall–Kier alpha value is -0.220. The van der Waals surface area contributed by atoms with Gasteiger partial charge < -0.3 is 10.0 Å². The first kappa shape index (κ1) is 10.9. The summed E-state index contributed by atoms with van der Waals surface area (Å²) in [5, 5.41) is 8.93. The molecule has 0 aliphatic carbocycles. The van der Waals surface area contributed by atoms with Gasteiger partial charge in [-0.15, -0.1) is 0 Å². The van der Waals surface area contributed by atoms with Gasteiger partial charge >= 0.3 is 0 Å². The summed E-state index contributed by atoms with van der Waals surface area (Å²) < 4.78 is 26.6. The molecular weight excluding hydrogens is 176 g/mol. The zero-order valence-electron chi connectivity index (χ0n) is 8.13. The lowest BCUT2D eigenvalue weighted by Gasteiger charge is -2.35. The van der Waals surface area contributed by atoms with Gasteiger partial charge in [-0.25, -0.2) is 8.78 Å². The predicted molar refractivity (Wildman–Crippen MR) is 46.8 cm³/mol. The standard InChI is InChI=1S/C9H17F2NO/c1-7(13)9(10,11)8-3-5-12(2)6-4-8/h7-8,13H,3-6H2,1-2H3. The van der Waals surface area contributed by atoms with Crippen molar-refractivity contribution < 1.29 is 13.9 Å². The van der Waals surface area contributed by atoms with Gasteiger partial charge in [0.15, 0.2) is 0 Å². The van der Waals surface area contributed by atoms with Gasteiger partial charge in [0.05, 0.1) is 0 Å². The van der Waals surface area contributed by atoms with Crippen LogP contribution in [0.5, 0.6) is 0 Å². The van der Waals surface area contributed by atoms with Crippen molar-refractivity contribution in [2.75, 3.05) is 20.1 Å². The van der Waals surface area contributed by atoms with Gasteiger partial charge in [0.25, 0.3) is 5.92 Å². The molecule has 1 atom stereocenters. The molecule has 1 fully saturated rings. The minimum Gasteiger partial charge on any atom is -0.387 e. The van der Waals surface area contributed by atoms with Crippen LogP contribution in [0.2, 0.25) is 0 Å². The van der Waals surface area contributed by atoms with E-state index in [2.05, 4.69) is 0 Å². The highest BCUT2D eigenvalue weighted by Gasteiger charge is 2.44. The van der Waals surface area contributed by atoms with Crippen LogP contribution in [0.3, 0.4) is 0 Å². The minimum absolute atomic E-state index is 0.481. The molecule has 1 heterocycles. The van der Waals surface area contributed by atoms with E-state index in [1.807, 2.05) is 11.9 Å². The van der Waals surface area contributed by atoms with Gasteiger partial charge in [0, 0.05) is 5.92 Å². The molecule has 0 radical (unpaired) electrons. The topological polar surface area (TPSA) is 23.5 Å². The normalized spacial score (nSPS) is 24.7. The van der Waals surface area contributed by atoms with Crippen molar-refractivity contribution in [3.05, 3.63) is 0 Å². The van der Waals surface area contributed by atoms with E-state index < -0.39 is 17.9 Å². The quantitative estimate of drug-likeness (QED) is 0.715. The Morgan fingerprint density at radius 2 is 1.85 bits per heavy atom. The van der Waals surface area contributed by atoms with Crippen LogP contribution in [0.15, 0.2) is 0 Å². The first-order valence-corrected chi connectivity index (χ1v) is 4.69. The maximum Gasteiger partial charge on any atom is 0.276 e. The highest BCUT2D eigenvalue weighted by atomic mass is 19.3. The number of rotatable bonds is 2. The number of likely N-dealkylation sites (tertiary alicyclic amines) is 1. The minimum atomic E-state index is -2.92. The number of hydrogen-bond donors (Lipinski definition) is 1. The smallest absolute Gasteiger partial charge is 0.276 e. The summed E-state index contributed by atoms with van der Waals surface area (Å²) in [7, 11) is 1.93. The lowest BCUT2D eigenvalue weighted by Crippen LogP contribution is -2.44. The van der Waals surface area contributed by atoms with E-state index in [0.29, 0.717) is 25.9 Å². The Labute approximate surface area is 77.5 Å². The van der Waals surface area contributed by atoms with Crippen LogP contribution in [0.4, 0.5) is 8.78 Å². The van der Waals surface area contributed by atoms with Gasteiger partial charge in [-0.3, -0.25) is 0 Å². The number of piperidine rings is 1. The summed E-state index contributed by atoms with van der Waals surface area (Å²) in [5.74, 6) is -3.56. The molecule has 0 spiro atoms. The monoisotopic (exact) mass is 193 g/mol. The van der Waals surface area contributed by atoms with Crippen molar-refractivity contribution in [1.82, 2.24) is 4.90 Å². The molecule has 1 N–H and O–H groups in total. The summed E-state index contributed by atoms with van der Waals surface area (Å²) >= 11 is 0. The number of halogens is 2. The van der Waals surface area contributed by atoms with Gasteiger partial charge in [-0.05, 0) is 39.9 Å². The fourth-order valence-electron chi connectivity index (χ4n) is 1.73. The van der Waals surface area contributed by atoms with Gasteiger partial charge in [-0.2, -0.15) is 0 Å². The zero-order chi connectivity index (χ0) is 10.1. The number of aliphatic hydroxyl groups is 1. The Balaban J connectivity index is 2.52. The molecule has 1 aliphatic heterocycles. The molecule has 0 amide bonds. The Bertz CT molecular complexity index is 165. The lowest BCUT2D eigenvalue weighted by atomic mass is 9.88. The van der Waals surface area contributed by atoms with E-state index in [4.69, 9.17) is 5.11 Å².